The molecule has 2 N–H and O–H groups in total. The molecule has 0 amide bonds. The van der Waals surface area contributed by atoms with Crippen LogP contribution in [-0.2, 0) is 16.0 Å². The molecule has 0 aliphatic carbocycles. The monoisotopic (exact) mass is 266 g/mol. The molecule has 19 heavy (non-hydrogen) atoms. The second-order valence-corrected chi connectivity index (χ2v) is 4.17. The Hall–Kier alpha value is -1.85. The molecule has 1 aromatic heterocycles. The Kier molecular flexibility index (Phi) is 6.05. The lowest BCUT2D eigenvalue weighted by Gasteiger charge is -2.14. The van der Waals surface area contributed by atoms with Crippen LogP contribution in [-0.4, -0.2) is 36.1 Å². The third kappa shape index (κ3) is 4.39. The summed E-state index contributed by atoms with van der Waals surface area (Å²) in [5, 5.41) is 6.26. The third-order valence-electron chi connectivity index (χ3n) is 2.68. The van der Waals surface area contributed by atoms with Crippen LogP contribution in [0.2, 0.25) is 0 Å². The van der Waals surface area contributed by atoms with E-state index in [2.05, 4.69) is 32.3 Å². The molecule has 0 spiro atoms. The summed E-state index contributed by atoms with van der Waals surface area (Å²) in [6.45, 7) is 6.98. The number of carbonyl (C=O) groups excluding carboxylic acids is 1. The highest BCUT2D eigenvalue weighted by atomic mass is 16.5. The Morgan fingerprint density at radius 2 is 1.84 bits per heavy atom. The largest absolute Gasteiger partial charge is 0.468 e. The van der Waals surface area contributed by atoms with E-state index in [1.165, 1.54) is 7.11 Å². The van der Waals surface area contributed by atoms with Crippen LogP contribution in [0.15, 0.2) is 0 Å². The molecule has 6 nitrogen and oxygen atoms in total. The summed E-state index contributed by atoms with van der Waals surface area (Å²) in [6, 6.07) is 0. The van der Waals surface area contributed by atoms with Crippen molar-refractivity contribution in [3.63, 3.8) is 0 Å². The number of nitrogens with zero attached hydrogens (tertiary/aromatic N) is 2. The van der Waals surface area contributed by atoms with E-state index in [0.29, 0.717) is 5.82 Å². The molecule has 0 atom stereocenters. The molecule has 1 aromatic rings. The number of hydrogen-bond acceptors (Lipinski definition) is 6. The van der Waals surface area contributed by atoms with Gasteiger partial charge in [0.15, 0.2) is 0 Å². The Morgan fingerprint density at radius 3 is 2.37 bits per heavy atom. The number of nitrogens with one attached hydrogen (secondary N) is 2. The van der Waals surface area contributed by atoms with E-state index < -0.39 is 0 Å². The summed E-state index contributed by atoms with van der Waals surface area (Å²) in [5.41, 5.74) is 0.912. The molecule has 0 saturated heterocycles. The lowest BCUT2D eigenvalue weighted by atomic mass is 10.2. The minimum Gasteiger partial charge on any atom is -0.468 e. The van der Waals surface area contributed by atoms with E-state index >= 15 is 0 Å². The Labute approximate surface area is 114 Å². The Morgan fingerprint density at radius 1 is 1.21 bits per heavy atom. The number of hydrogen-bond donors (Lipinski definition) is 2. The molecule has 0 fully saturated rings. The van der Waals surface area contributed by atoms with Gasteiger partial charge in [0, 0.05) is 18.5 Å². The highest BCUT2D eigenvalue weighted by Crippen LogP contribution is 2.20. The first-order valence-electron chi connectivity index (χ1n) is 6.54. The van der Waals surface area contributed by atoms with Crippen molar-refractivity contribution in [2.45, 2.75) is 33.6 Å². The van der Waals surface area contributed by atoms with Gasteiger partial charge < -0.3 is 15.4 Å². The van der Waals surface area contributed by atoms with Gasteiger partial charge in [-0.05, 0) is 13.3 Å². The molecule has 106 valence electrons. The van der Waals surface area contributed by atoms with Gasteiger partial charge in [0.1, 0.15) is 24.0 Å². The zero-order valence-electron chi connectivity index (χ0n) is 12.0. The number of rotatable bonds is 7. The second kappa shape index (κ2) is 7.56. The minimum absolute atomic E-state index is 0.102. The van der Waals surface area contributed by atoms with E-state index in [-0.39, 0.29) is 12.5 Å². The number of anilines is 2. The summed E-state index contributed by atoms with van der Waals surface area (Å²) >= 11 is 0. The van der Waals surface area contributed by atoms with Crippen molar-refractivity contribution in [2.75, 3.05) is 30.8 Å². The minimum atomic E-state index is -0.320. The number of methoxy groups -OCH3 is 1. The van der Waals surface area contributed by atoms with Crippen LogP contribution < -0.4 is 10.6 Å². The number of aromatic nitrogens is 2. The van der Waals surface area contributed by atoms with E-state index in [9.17, 15) is 4.79 Å². The normalized spacial score (nSPS) is 10.1. The highest BCUT2D eigenvalue weighted by molar-refractivity contribution is 5.75. The summed E-state index contributed by atoms with van der Waals surface area (Å²) < 4.78 is 4.60. The van der Waals surface area contributed by atoms with Crippen molar-refractivity contribution in [1.82, 2.24) is 9.97 Å². The summed E-state index contributed by atoms with van der Waals surface area (Å²) in [4.78, 5) is 20.0. The van der Waals surface area contributed by atoms with Crippen LogP contribution in [0.25, 0.3) is 0 Å². The maximum Gasteiger partial charge on any atom is 0.325 e. The van der Waals surface area contributed by atoms with Gasteiger partial charge in [0.2, 0.25) is 0 Å². The molecule has 0 bridgehead atoms. The van der Waals surface area contributed by atoms with Gasteiger partial charge in [-0.25, -0.2) is 9.97 Å². The fourth-order valence-electron chi connectivity index (χ4n) is 1.54. The molecule has 1 rings (SSSR count). The van der Waals surface area contributed by atoms with E-state index in [1.54, 1.807) is 0 Å². The Balaban J connectivity index is 2.91. The van der Waals surface area contributed by atoms with Crippen molar-refractivity contribution < 1.29 is 9.53 Å². The highest BCUT2D eigenvalue weighted by Gasteiger charge is 2.11. The first-order valence-corrected chi connectivity index (χ1v) is 6.54. The van der Waals surface area contributed by atoms with Gasteiger partial charge >= 0.3 is 5.97 Å². The number of carbonyl (C=O) groups is 1. The number of ether oxygens (including phenoxy) is 1. The van der Waals surface area contributed by atoms with Crippen molar-refractivity contribution in [3.8, 4) is 0 Å². The molecule has 0 saturated carbocycles. The third-order valence-corrected chi connectivity index (χ3v) is 2.68. The molecule has 0 radical (unpaired) electrons. The van der Waals surface area contributed by atoms with Crippen LogP contribution in [0.4, 0.5) is 11.6 Å². The standard InChI is InChI=1S/C13H22N4O2/c1-5-7-14-12-9(3)13(15-8-11(18)19-4)17-10(6-2)16-12/h5-8H2,1-4H3,(H2,14,15,16,17). The topological polar surface area (TPSA) is 76.1 Å². The average molecular weight is 266 g/mol. The van der Waals surface area contributed by atoms with Crippen LogP contribution in [0, 0.1) is 6.92 Å². The lowest BCUT2D eigenvalue weighted by molar-refractivity contribution is -0.138. The second-order valence-electron chi connectivity index (χ2n) is 4.17. The first-order chi connectivity index (χ1) is 9.12. The van der Waals surface area contributed by atoms with Gasteiger partial charge in [-0.1, -0.05) is 13.8 Å². The van der Waals surface area contributed by atoms with Gasteiger partial charge in [-0.3, -0.25) is 4.79 Å². The van der Waals surface area contributed by atoms with Crippen LogP contribution in [0.1, 0.15) is 31.7 Å². The number of esters is 1. The molecular weight excluding hydrogens is 244 g/mol. The summed E-state index contributed by atoms with van der Waals surface area (Å²) in [5.74, 6) is 1.92. The molecule has 0 unspecified atom stereocenters. The summed E-state index contributed by atoms with van der Waals surface area (Å²) in [6.07, 6.45) is 1.77. The average Bonchev–Trinajstić information content (AvgIpc) is 2.44. The molecular formula is C13H22N4O2. The predicted octanol–water partition coefficient (Wildman–Crippen LogP) is 1.75. The zero-order valence-corrected chi connectivity index (χ0v) is 12.0. The van der Waals surface area contributed by atoms with E-state index in [4.69, 9.17) is 0 Å². The van der Waals surface area contributed by atoms with Gasteiger partial charge in [0.05, 0.1) is 7.11 Å². The van der Waals surface area contributed by atoms with E-state index in [1.807, 2.05) is 13.8 Å². The fraction of sp³-hybridized carbons (Fsp3) is 0.615. The maximum atomic E-state index is 11.2. The molecule has 1 heterocycles. The zero-order chi connectivity index (χ0) is 14.3. The SMILES string of the molecule is CCCNc1nc(CC)nc(NCC(=O)OC)c1C. The summed E-state index contributed by atoms with van der Waals surface area (Å²) in [7, 11) is 1.36. The fourth-order valence-corrected chi connectivity index (χ4v) is 1.54. The van der Waals surface area contributed by atoms with Crippen LogP contribution in [0.5, 0.6) is 0 Å². The first kappa shape index (κ1) is 15.2. The van der Waals surface area contributed by atoms with E-state index in [0.717, 1.165) is 36.6 Å². The molecule has 0 aliphatic heterocycles. The molecule has 0 aromatic carbocycles. The van der Waals surface area contributed by atoms with Crippen molar-refractivity contribution >= 4 is 17.6 Å². The Bertz CT molecular complexity index is 435. The van der Waals surface area contributed by atoms with Gasteiger partial charge in [-0.15, -0.1) is 0 Å². The van der Waals surface area contributed by atoms with Crippen LogP contribution in [0.3, 0.4) is 0 Å². The molecule has 0 aliphatic rings. The van der Waals surface area contributed by atoms with Crippen molar-refractivity contribution in [1.29, 1.82) is 0 Å². The number of aryl methyl sites for hydroxylation is 1. The predicted molar refractivity (Wildman–Crippen MR) is 75.4 cm³/mol. The van der Waals surface area contributed by atoms with Gasteiger partial charge in [-0.2, -0.15) is 0 Å². The van der Waals surface area contributed by atoms with Crippen molar-refractivity contribution in [2.24, 2.45) is 0 Å². The van der Waals surface area contributed by atoms with Crippen molar-refractivity contribution in [3.05, 3.63) is 11.4 Å². The molecule has 6 heteroatoms. The quantitative estimate of drug-likeness (QED) is 0.732. The van der Waals surface area contributed by atoms with Gasteiger partial charge in [0.25, 0.3) is 0 Å². The van der Waals surface area contributed by atoms with Crippen LogP contribution >= 0.6 is 0 Å². The maximum absolute atomic E-state index is 11.2. The smallest absolute Gasteiger partial charge is 0.325 e. The lowest BCUT2D eigenvalue weighted by Crippen LogP contribution is -2.18.